The van der Waals surface area contributed by atoms with E-state index in [0.29, 0.717) is 5.92 Å². The van der Waals surface area contributed by atoms with Gasteiger partial charge < -0.3 is 15.5 Å². The zero-order valence-electron chi connectivity index (χ0n) is 14.0. The third kappa shape index (κ3) is 4.55. The van der Waals surface area contributed by atoms with Crippen LogP contribution in [0.2, 0.25) is 0 Å². The molecule has 1 unspecified atom stereocenters. The number of hydrogen-bond acceptors (Lipinski definition) is 3. The van der Waals surface area contributed by atoms with E-state index in [1.54, 1.807) is 0 Å². The van der Waals surface area contributed by atoms with Gasteiger partial charge in [0.2, 0.25) is 5.91 Å². The smallest absolute Gasteiger partial charge is 0.239 e. The summed E-state index contributed by atoms with van der Waals surface area (Å²) in [6.07, 6.45) is 1.08. The highest BCUT2D eigenvalue weighted by Gasteiger charge is 2.30. The maximum atomic E-state index is 12.3. The van der Waals surface area contributed by atoms with E-state index >= 15 is 0 Å². The summed E-state index contributed by atoms with van der Waals surface area (Å²) >= 11 is 0. The van der Waals surface area contributed by atoms with E-state index in [2.05, 4.69) is 36.2 Å². The van der Waals surface area contributed by atoms with Crippen LogP contribution in [0.5, 0.6) is 0 Å². The summed E-state index contributed by atoms with van der Waals surface area (Å²) in [7, 11) is 2.15. The van der Waals surface area contributed by atoms with Crippen LogP contribution in [0.1, 0.15) is 25.8 Å². The van der Waals surface area contributed by atoms with Crippen molar-refractivity contribution < 1.29 is 4.79 Å². The van der Waals surface area contributed by atoms with Gasteiger partial charge in [0, 0.05) is 26.2 Å². The molecule has 1 amide bonds. The van der Waals surface area contributed by atoms with Crippen molar-refractivity contribution in [3.05, 3.63) is 35.9 Å². The number of nitrogens with two attached hydrogens (primary N) is 1. The lowest BCUT2D eigenvalue weighted by atomic mass is 10.0. The minimum Gasteiger partial charge on any atom is -0.341 e. The summed E-state index contributed by atoms with van der Waals surface area (Å²) in [6, 6.07) is 10.1. The third-order valence-corrected chi connectivity index (χ3v) is 4.47. The SMILES string of the molecule is CC(C)[C@H](N)C(=O)N1CCC(CN(C)Cc2ccccc2)C1. The zero-order chi connectivity index (χ0) is 16.1. The van der Waals surface area contributed by atoms with Gasteiger partial charge in [-0.2, -0.15) is 0 Å². The lowest BCUT2D eigenvalue weighted by molar-refractivity contribution is -0.132. The summed E-state index contributed by atoms with van der Waals surface area (Å²) < 4.78 is 0. The fourth-order valence-electron chi connectivity index (χ4n) is 3.08. The number of likely N-dealkylation sites (tertiary alicyclic amines) is 1. The second-order valence-electron chi connectivity index (χ2n) is 6.89. The van der Waals surface area contributed by atoms with Crippen molar-refractivity contribution in [2.24, 2.45) is 17.6 Å². The third-order valence-electron chi connectivity index (χ3n) is 4.47. The van der Waals surface area contributed by atoms with E-state index in [1.807, 2.05) is 24.8 Å². The number of benzene rings is 1. The summed E-state index contributed by atoms with van der Waals surface area (Å²) in [4.78, 5) is 16.6. The van der Waals surface area contributed by atoms with Crippen LogP contribution in [0.3, 0.4) is 0 Å². The van der Waals surface area contributed by atoms with Crippen LogP contribution in [0, 0.1) is 11.8 Å². The van der Waals surface area contributed by atoms with Gasteiger partial charge in [0.05, 0.1) is 6.04 Å². The Bertz CT molecular complexity index is 474. The molecule has 2 N–H and O–H groups in total. The topological polar surface area (TPSA) is 49.6 Å². The Morgan fingerprint density at radius 3 is 2.68 bits per heavy atom. The van der Waals surface area contributed by atoms with Crippen LogP contribution >= 0.6 is 0 Å². The van der Waals surface area contributed by atoms with Crippen molar-refractivity contribution in [2.75, 3.05) is 26.7 Å². The van der Waals surface area contributed by atoms with Crippen molar-refractivity contribution in [1.29, 1.82) is 0 Å². The highest BCUT2D eigenvalue weighted by atomic mass is 16.2. The van der Waals surface area contributed by atoms with Crippen molar-refractivity contribution in [1.82, 2.24) is 9.80 Å². The fourth-order valence-corrected chi connectivity index (χ4v) is 3.08. The van der Waals surface area contributed by atoms with Gasteiger partial charge in [-0.3, -0.25) is 4.79 Å². The molecule has 0 aliphatic carbocycles. The first-order chi connectivity index (χ1) is 10.5. The van der Waals surface area contributed by atoms with Crippen molar-refractivity contribution in [2.45, 2.75) is 32.9 Å². The lowest BCUT2D eigenvalue weighted by Crippen LogP contribution is -2.45. The minimum absolute atomic E-state index is 0.114. The number of carbonyl (C=O) groups is 1. The van der Waals surface area contributed by atoms with Gasteiger partial charge in [-0.15, -0.1) is 0 Å². The molecule has 1 aliphatic rings. The van der Waals surface area contributed by atoms with Gasteiger partial charge >= 0.3 is 0 Å². The molecular formula is C18H29N3O. The maximum absolute atomic E-state index is 12.3. The highest BCUT2D eigenvalue weighted by Crippen LogP contribution is 2.19. The number of hydrogen-bond donors (Lipinski definition) is 1. The number of nitrogens with zero attached hydrogens (tertiary/aromatic N) is 2. The normalized spacial score (nSPS) is 19.9. The van der Waals surface area contributed by atoms with E-state index < -0.39 is 0 Å². The Balaban J connectivity index is 1.80. The van der Waals surface area contributed by atoms with Crippen molar-refractivity contribution in [3.8, 4) is 0 Å². The molecule has 4 nitrogen and oxygen atoms in total. The minimum atomic E-state index is -0.360. The molecule has 0 radical (unpaired) electrons. The molecule has 1 fully saturated rings. The molecule has 2 rings (SSSR count). The highest BCUT2D eigenvalue weighted by molar-refractivity contribution is 5.82. The first-order valence-electron chi connectivity index (χ1n) is 8.24. The van der Waals surface area contributed by atoms with Crippen LogP contribution in [-0.4, -0.2) is 48.4 Å². The molecule has 1 aromatic rings. The molecule has 0 saturated carbocycles. The molecular weight excluding hydrogens is 274 g/mol. The lowest BCUT2D eigenvalue weighted by Gasteiger charge is -2.24. The van der Waals surface area contributed by atoms with Crippen LogP contribution in [-0.2, 0) is 11.3 Å². The summed E-state index contributed by atoms with van der Waals surface area (Å²) in [5.41, 5.74) is 7.32. The maximum Gasteiger partial charge on any atom is 0.239 e. The number of amides is 1. The molecule has 0 spiro atoms. The summed E-state index contributed by atoms with van der Waals surface area (Å²) in [5, 5.41) is 0. The van der Waals surface area contributed by atoms with Crippen LogP contribution in [0.15, 0.2) is 30.3 Å². The standard InChI is InChI=1S/C18H29N3O/c1-14(2)17(19)18(22)21-10-9-16(13-21)12-20(3)11-15-7-5-4-6-8-15/h4-8,14,16-17H,9-13,19H2,1-3H3/t16?,17-/m0/s1. The molecule has 1 aromatic carbocycles. The predicted octanol–water partition coefficient (Wildman–Crippen LogP) is 1.95. The molecule has 4 heteroatoms. The average Bonchev–Trinajstić information content (AvgIpc) is 2.94. The molecule has 0 bridgehead atoms. The van der Waals surface area contributed by atoms with Crippen LogP contribution < -0.4 is 5.73 Å². The Kier molecular flexibility index (Phi) is 5.98. The van der Waals surface area contributed by atoms with Crippen LogP contribution in [0.25, 0.3) is 0 Å². The fraction of sp³-hybridized carbons (Fsp3) is 0.611. The van der Waals surface area contributed by atoms with Crippen molar-refractivity contribution in [3.63, 3.8) is 0 Å². The first kappa shape index (κ1) is 17.0. The quantitative estimate of drug-likeness (QED) is 0.874. The number of rotatable bonds is 6. The van der Waals surface area contributed by atoms with Gasteiger partial charge in [-0.1, -0.05) is 44.2 Å². The van der Waals surface area contributed by atoms with Gasteiger partial charge in [-0.25, -0.2) is 0 Å². The van der Waals surface area contributed by atoms with E-state index in [1.165, 1.54) is 5.56 Å². The molecule has 1 aliphatic heterocycles. The Morgan fingerprint density at radius 1 is 1.36 bits per heavy atom. The van der Waals surface area contributed by atoms with Crippen LogP contribution in [0.4, 0.5) is 0 Å². The van der Waals surface area contributed by atoms with E-state index in [0.717, 1.165) is 32.6 Å². The second kappa shape index (κ2) is 7.75. The average molecular weight is 303 g/mol. The summed E-state index contributed by atoms with van der Waals surface area (Å²) in [5.74, 6) is 0.868. The van der Waals surface area contributed by atoms with Gasteiger partial charge in [0.15, 0.2) is 0 Å². The molecule has 0 aromatic heterocycles. The zero-order valence-corrected chi connectivity index (χ0v) is 14.0. The van der Waals surface area contributed by atoms with E-state index in [-0.39, 0.29) is 17.9 Å². The van der Waals surface area contributed by atoms with Gasteiger partial charge in [0.25, 0.3) is 0 Å². The molecule has 122 valence electrons. The van der Waals surface area contributed by atoms with E-state index in [9.17, 15) is 4.79 Å². The molecule has 2 atom stereocenters. The monoisotopic (exact) mass is 303 g/mol. The van der Waals surface area contributed by atoms with E-state index in [4.69, 9.17) is 5.73 Å². The Labute approximate surface area is 134 Å². The predicted molar refractivity (Wildman–Crippen MR) is 90.3 cm³/mol. The molecule has 22 heavy (non-hydrogen) atoms. The molecule has 1 saturated heterocycles. The molecule has 1 heterocycles. The number of carbonyl (C=O) groups excluding carboxylic acids is 1. The largest absolute Gasteiger partial charge is 0.341 e. The summed E-state index contributed by atoms with van der Waals surface area (Å²) in [6.45, 7) is 7.68. The van der Waals surface area contributed by atoms with Crippen molar-refractivity contribution >= 4 is 5.91 Å². The van der Waals surface area contributed by atoms with Gasteiger partial charge in [0.1, 0.15) is 0 Å². The second-order valence-corrected chi connectivity index (χ2v) is 6.89. The Hall–Kier alpha value is -1.39. The first-order valence-corrected chi connectivity index (χ1v) is 8.24. The Morgan fingerprint density at radius 2 is 2.05 bits per heavy atom. The van der Waals surface area contributed by atoms with Gasteiger partial charge in [-0.05, 0) is 30.9 Å².